The molecular weight excluding hydrogens is 323 g/mol. The van der Waals surface area contributed by atoms with Gasteiger partial charge in [0, 0.05) is 10.6 Å². The SMILES string of the molecule is O=C(Nc1cnn(COCC(F)(F)F)c1)c1ccc(Cl)cc1. The third-order valence-electron chi connectivity index (χ3n) is 2.49. The van der Waals surface area contributed by atoms with Gasteiger partial charge in [-0.15, -0.1) is 0 Å². The first kappa shape index (κ1) is 16.3. The summed E-state index contributed by atoms with van der Waals surface area (Å²) in [4.78, 5) is 11.9. The number of aromatic nitrogens is 2. The lowest BCUT2D eigenvalue weighted by Gasteiger charge is -2.07. The molecule has 0 bridgehead atoms. The monoisotopic (exact) mass is 333 g/mol. The predicted octanol–water partition coefficient (Wildman–Crippen LogP) is 3.33. The summed E-state index contributed by atoms with van der Waals surface area (Å²) in [5.74, 6) is -0.382. The Morgan fingerprint density at radius 2 is 2.00 bits per heavy atom. The van der Waals surface area contributed by atoms with Crippen LogP contribution in [0, 0.1) is 0 Å². The Labute approximate surface area is 128 Å². The summed E-state index contributed by atoms with van der Waals surface area (Å²) in [7, 11) is 0. The van der Waals surface area contributed by atoms with Crippen molar-refractivity contribution in [3.8, 4) is 0 Å². The van der Waals surface area contributed by atoms with Gasteiger partial charge in [-0.1, -0.05) is 11.6 Å². The lowest BCUT2D eigenvalue weighted by atomic mass is 10.2. The predicted molar refractivity (Wildman–Crippen MR) is 73.6 cm³/mol. The molecular formula is C13H11ClF3N3O2. The molecule has 0 atom stereocenters. The summed E-state index contributed by atoms with van der Waals surface area (Å²) in [6, 6.07) is 6.25. The fourth-order valence-electron chi connectivity index (χ4n) is 1.56. The number of amides is 1. The molecule has 2 aromatic rings. The molecule has 0 fully saturated rings. The van der Waals surface area contributed by atoms with Gasteiger partial charge in [0.05, 0.1) is 18.1 Å². The number of ether oxygens (including phenoxy) is 1. The highest BCUT2D eigenvalue weighted by Gasteiger charge is 2.27. The minimum atomic E-state index is -4.39. The number of benzene rings is 1. The standard InChI is InChI=1S/C13H11ClF3N3O2/c14-10-3-1-9(2-4-10)12(21)19-11-5-18-20(6-11)8-22-7-13(15,16)17/h1-6H,7-8H2,(H,19,21). The number of hydrogen-bond acceptors (Lipinski definition) is 3. The van der Waals surface area contributed by atoms with E-state index < -0.39 is 12.8 Å². The topological polar surface area (TPSA) is 56.2 Å². The van der Waals surface area contributed by atoms with Gasteiger partial charge in [0.1, 0.15) is 13.3 Å². The van der Waals surface area contributed by atoms with Crippen molar-refractivity contribution in [3.05, 3.63) is 47.2 Å². The maximum atomic E-state index is 11.9. The third kappa shape index (κ3) is 5.05. The van der Waals surface area contributed by atoms with Crippen LogP contribution >= 0.6 is 11.6 Å². The zero-order valence-electron chi connectivity index (χ0n) is 11.1. The summed E-state index contributed by atoms with van der Waals surface area (Å²) in [6.45, 7) is -1.73. The average molecular weight is 334 g/mol. The molecule has 0 saturated heterocycles. The van der Waals surface area contributed by atoms with Crippen molar-refractivity contribution < 1.29 is 22.7 Å². The van der Waals surface area contributed by atoms with Gasteiger partial charge in [0.15, 0.2) is 0 Å². The number of anilines is 1. The number of alkyl halides is 3. The second kappa shape index (κ2) is 6.80. The van der Waals surface area contributed by atoms with Crippen molar-refractivity contribution in [2.45, 2.75) is 12.9 Å². The quantitative estimate of drug-likeness (QED) is 0.913. The first-order chi connectivity index (χ1) is 10.3. The zero-order chi connectivity index (χ0) is 16.2. The number of rotatable bonds is 5. The highest BCUT2D eigenvalue weighted by atomic mass is 35.5. The molecule has 1 aromatic carbocycles. The number of nitrogens with one attached hydrogen (secondary N) is 1. The smallest absolute Gasteiger partial charge is 0.350 e. The van der Waals surface area contributed by atoms with E-state index in [2.05, 4.69) is 15.2 Å². The maximum absolute atomic E-state index is 11.9. The summed E-state index contributed by atoms with van der Waals surface area (Å²) in [6.07, 6.45) is -1.71. The molecule has 1 aromatic heterocycles. The Hall–Kier alpha value is -2.06. The largest absolute Gasteiger partial charge is 0.411 e. The first-order valence-corrected chi connectivity index (χ1v) is 6.45. The molecule has 0 aliphatic rings. The second-order valence-electron chi connectivity index (χ2n) is 4.32. The minimum Gasteiger partial charge on any atom is -0.350 e. The maximum Gasteiger partial charge on any atom is 0.411 e. The molecule has 118 valence electrons. The summed E-state index contributed by atoms with van der Waals surface area (Å²) in [5.41, 5.74) is 0.737. The van der Waals surface area contributed by atoms with Crippen molar-refractivity contribution >= 4 is 23.2 Å². The molecule has 1 heterocycles. The van der Waals surface area contributed by atoms with E-state index in [1.165, 1.54) is 12.4 Å². The van der Waals surface area contributed by atoms with Crippen molar-refractivity contribution in [1.29, 1.82) is 0 Å². The van der Waals surface area contributed by atoms with E-state index in [4.69, 9.17) is 11.6 Å². The molecule has 0 saturated carbocycles. The van der Waals surface area contributed by atoms with Crippen LogP contribution in [0.15, 0.2) is 36.7 Å². The van der Waals surface area contributed by atoms with Crippen molar-refractivity contribution in [3.63, 3.8) is 0 Å². The fourth-order valence-corrected chi connectivity index (χ4v) is 1.68. The Balaban J connectivity index is 1.89. The summed E-state index contributed by atoms with van der Waals surface area (Å²) < 4.78 is 41.4. The van der Waals surface area contributed by atoms with Gasteiger partial charge >= 0.3 is 6.18 Å². The van der Waals surface area contributed by atoms with Crippen molar-refractivity contribution in [2.75, 3.05) is 11.9 Å². The molecule has 0 spiro atoms. The Bertz CT molecular complexity index is 641. The van der Waals surface area contributed by atoms with Gasteiger partial charge in [0.2, 0.25) is 0 Å². The first-order valence-electron chi connectivity index (χ1n) is 6.07. The highest BCUT2D eigenvalue weighted by molar-refractivity contribution is 6.30. The third-order valence-corrected chi connectivity index (χ3v) is 2.74. The van der Waals surface area contributed by atoms with Gasteiger partial charge in [-0.3, -0.25) is 4.79 Å². The van der Waals surface area contributed by atoms with E-state index in [0.29, 0.717) is 16.3 Å². The molecule has 9 heteroatoms. The molecule has 1 amide bonds. The molecule has 1 N–H and O–H groups in total. The van der Waals surface area contributed by atoms with Crippen LogP contribution in [0.2, 0.25) is 5.02 Å². The van der Waals surface area contributed by atoms with Crippen LogP contribution in [0.4, 0.5) is 18.9 Å². The number of carbonyl (C=O) groups is 1. The van der Waals surface area contributed by atoms with E-state index >= 15 is 0 Å². The molecule has 5 nitrogen and oxygen atoms in total. The Morgan fingerprint density at radius 3 is 2.64 bits per heavy atom. The lowest BCUT2D eigenvalue weighted by molar-refractivity contribution is -0.182. The molecule has 2 rings (SSSR count). The van der Waals surface area contributed by atoms with Crippen LogP contribution < -0.4 is 5.32 Å². The van der Waals surface area contributed by atoms with Crippen LogP contribution in [0.3, 0.4) is 0 Å². The van der Waals surface area contributed by atoms with E-state index in [0.717, 1.165) is 4.68 Å². The van der Waals surface area contributed by atoms with E-state index in [1.54, 1.807) is 24.3 Å². The number of hydrogen-bond donors (Lipinski definition) is 1. The van der Waals surface area contributed by atoms with Gasteiger partial charge in [-0.2, -0.15) is 18.3 Å². The summed E-state index contributed by atoms with van der Waals surface area (Å²) >= 11 is 5.72. The van der Waals surface area contributed by atoms with Crippen molar-refractivity contribution in [2.24, 2.45) is 0 Å². The molecule has 22 heavy (non-hydrogen) atoms. The summed E-state index contributed by atoms with van der Waals surface area (Å²) in [5, 5.41) is 6.85. The number of halogens is 4. The lowest BCUT2D eigenvalue weighted by Crippen LogP contribution is -2.18. The van der Waals surface area contributed by atoms with Crippen LogP contribution in [-0.4, -0.2) is 28.5 Å². The normalized spacial score (nSPS) is 11.5. The number of carbonyl (C=O) groups excluding carboxylic acids is 1. The van der Waals surface area contributed by atoms with Gasteiger partial charge in [-0.05, 0) is 24.3 Å². The van der Waals surface area contributed by atoms with E-state index in [1.807, 2.05) is 0 Å². The van der Waals surface area contributed by atoms with E-state index in [9.17, 15) is 18.0 Å². The van der Waals surface area contributed by atoms with Crippen LogP contribution in [0.1, 0.15) is 10.4 Å². The van der Waals surface area contributed by atoms with Gasteiger partial charge < -0.3 is 10.1 Å². The van der Waals surface area contributed by atoms with Crippen LogP contribution in [0.5, 0.6) is 0 Å². The van der Waals surface area contributed by atoms with E-state index in [-0.39, 0.29) is 12.6 Å². The molecule has 0 radical (unpaired) electrons. The second-order valence-corrected chi connectivity index (χ2v) is 4.76. The highest BCUT2D eigenvalue weighted by Crippen LogP contribution is 2.15. The number of nitrogens with zero attached hydrogens (tertiary/aromatic N) is 2. The Kier molecular flexibility index (Phi) is 5.04. The average Bonchev–Trinajstić information content (AvgIpc) is 2.85. The van der Waals surface area contributed by atoms with Crippen LogP contribution in [0.25, 0.3) is 0 Å². The van der Waals surface area contributed by atoms with Crippen molar-refractivity contribution in [1.82, 2.24) is 9.78 Å². The Morgan fingerprint density at radius 1 is 1.32 bits per heavy atom. The zero-order valence-corrected chi connectivity index (χ0v) is 11.9. The fraction of sp³-hybridized carbons (Fsp3) is 0.231. The molecule has 0 aliphatic carbocycles. The van der Waals surface area contributed by atoms with Gasteiger partial charge in [-0.25, -0.2) is 4.68 Å². The van der Waals surface area contributed by atoms with Gasteiger partial charge in [0.25, 0.3) is 5.91 Å². The minimum absolute atomic E-state index is 0.343. The molecule has 0 aliphatic heterocycles. The molecule has 0 unspecified atom stereocenters. The van der Waals surface area contributed by atoms with Crippen LogP contribution in [-0.2, 0) is 11.5 Å².